The van der Waals surface area contributed by atoms with E-state index in [9.17, 15) is 4.79 Å². The van der Waals surface area contributed by atoms with Crippen molar-refractivity contribution in [1.29, 1.82) is 0 Å². The first-order chi connectivity index (χ1) is 10.6. The van der Waals surface area contributed by atoms with Crippen LogP contribution in [0, 0.1) is 13.8 Å². The van der Waals surface area contributed by atoms with Crippen LogP contribution >= 0.6 is 0 Å². The van der Waals surface area contributed by atoms with Gasteiger partial charge < -0.3 is 4.74 Å². The fourth-order valence-electron chi connectivity index (χ4n) is 2.56. The molecule has 0 atom stereocenters. The van der Waals surface area contributed by atoms with Crippen molar-refractivity contribution in [1.82, 2.24) is 14.4 Å². The highest BCUT2D eigenvalue weighted by molar-refractivity contribution is 5.96. The maximum Gasteiger partial charge on any atom is 0.357 e. The van der Waals surface area contributed by atoms with E-state index in [1.165, 1.54) is 0 Å². The van der Waals surface area contributed by atoms with Crippen molar-refractivity contribution in [2.75, 3.05) is 6.61 Å². The number of hydrogen-bond donors (Lipinski definition) is 0. The number of benzene rings is 1. The zero-order chi connectivity index (χ0) is 15.7. The van der Waals surface area contributed by atoms with Crippen molar-refractivity contribution < 1.29 is 9.53 Å². The first-order valence-corrected chi connectivity index (χ1v) is 7.21. The lowest BCUT2D eigenvalue weighted by molar-refractivity contribution is 0.0519. The average molecular weight is 295 g/mol. The van der Waals surface area contributed by atoms with Crippen LogP contribution in [0.1, 0.15) is 28.8 Å². The summed E-state index contributed by atoms with van der Waals surface area (Å²) in [7, 11) is 0. The third-order valence-corrected chi connectivity index (χ3v) is 3.42. The Balaban J connectivity index is 2.34. The summed E-state index contributed by atoms with van der Waals surface area (Å²) in [6.45, 7) is 5.95. The van der Waals surface area contributed by atoms with Gasteiger partial charge in [-0.2, -0.15) is 0 Å². The lowest BCUT2D eigenvalue weighted by Crippen LogP contribution is -2.11. The predicted molar refractivity (Wildman–Crippen MR) is 83.9 cm³/mol. The lowest BCUT2D eigenvalue weighted by atomic mass is 10.1. The number of fused-ring (bicyclic) bond motifs is 1. The minimum atomic E-state index is -0.386. The van der Waals surface area contributed by atoms with Gasteiger partial charge in [0.15, 0.2) is 5.69 Å². The monoisotopic (exact) mass is 295 g/mol. The highest BCUT2D eigenvalue weighted by Gasteiger charge is 2.23. The summed E-state index contributed by atoms with van der Waals surface area (Å²) in [5.41, 5.74) is 3.66. The molecule has 0 saturated heterocycles. The molecule has 112 valence electrons. The molecule has 0 aliphatic heterocycles. The van der Waals surface area contributed by atoms with Crippen molar-refractivity contribution in [3.05, 3.63) is 53.5 Å². The number of aryl methyl sites for hydroxylation is 2. The molecule has 2 aromatic heterocycles. The molecule has 0 spiro atoms. The third kappa shape index (κ3) is 2.35. The molecule has 3 aromatic rings. The molecule has 0 aliphatic rings. The summed E-state index contributed by atoms with van der Waals surface area (Å²) in [5.74, 6) is 0.127. The first-order valence-electron chi connectivity index (χ1n) is 7.21. The van der Waals surface area contributed by atoms with Gasteiger partial charge in [-0.1, -0.05) is 30.3 Å². The van der Waals surface area contributed by atoms with E-state index in [1.807, 2.05) is 50.2 Å². The van der Waals surface area contributed by atoms with Gasteiger partial charge in [-0.15, -0.1) is 0 Å². The highest BCUT2D eigenvalue weighted by Crippen LogP contribution is 2.25. The molecule has 0 bridgehead atoms. The van der Waals surface area contributed by atoms with E-state index in [1.54, 1.807) is 11.3 Å². The average Bonchev–Trinajstić information content (AvgIpc) is 2.88. The topological polar surface area (TPSA) is 56.5 Å². The quantitative estimate of drug-likeness (QED) is 0.696. The molecular weight excluding hydrogens is 278 g/mol. The van der Waals surface area contributed by atoms with E-state index >= 15 is 0 Å². The smallest absolute Gasteiger partial charge is 0.357 e. The van der Waals surface area contributed by atoms with Gasteiger partial charge in [0.05, 0.1) is 6.61 Å². The number of ether oxygens (including phenoxy) is 1. The van der Waals surface area contributed by atoms with Crippen LogP contribution in [0.2, 0.25) is 0 Å². The van der Waals surface area contributed by atoms with Crippen molar-refractivity contribution in [3.8, 4) is 11.3 Å². The van der Waals surface area contributed by atoms with E-state index in [4.69, 9.17) is 4.74 Å². The fourth-order valence-corrected chi connectivity index (χ4v) is 2.56. The minimum absolute atomic E-state index is 0.318. The van der Waals surface area contributed by atoms with Crippen LogP contribution in [-0.4, -0.2) is 26.9 Å². The minimum Gasteiger partial charge on any atom is -0.461 e. The second-order valence-corrected chi connectivity index (χ2v) is 5.07. The zero-order valence-corrected chi connectivity index (χ0v) is 12.8. The molecule has 0 N–H and O–H groups in total. The SMILES string of the molecule is CCOC(=O)c1c(-c2ccccc2)nc2nc(C)cc(C)n12. The van der Waals surface area contributed by atoms with Crippen molar-refractivity contribution >= 4 is 11.7 Å². The van der Waals surface area contributed by atoms with Gasteiger partial charge in [-0.05, 0) is 26.8 Å². The van der Waals surface area contributed by atoms with Crippen LogP contribution in [0.25, 0.3) is 17.0 Å². The molecule has 0 aliphatic carbocycles. The van der Waals surface area contributed by atoms with Crippen molar-refractivity contribution in [2.45, 2.75) is 20.8 Å². The van der Waals surface area contributed by atoms with Crippen LogP contribution in [0.3, 0.4) is 0 Å². The molecule has 2 heterocycles. The van der Waals surface area contributed by atoms with E-state index in [0.29, 0.717) is 23.8 Å². The van der Waals surface area contributed by atoms with Crippen LogP contribution < -0.4 is 0 Å². The molecule has 22 heavy (non-hydrogen) atoms. The maximum atomic E-state index is 12.4. The lowest BCUT2D eigenvalue weighted by Gasteiger charge is -2.07. The van der Waals surface area contributed by atoms with Gasteiger partial charge in [-0.3, -0.25) is 4.40 Å². The van der Waals surface area contributed by atoms with E-state index < -0.39 is 0 Å². The number of nitrogens with zero attached hydrogens (tertiary/aromatic N) is 3. The molecule has 0 radical (unpaired) electrons. The molecule has 0 saturated carbocycles. The zero-order valence-electron chi connectivity index (χ0n) is 12.8. The Kier molecular flexibility index (Phi) is 3.63. The Morgan fingerprint density at radius 3 is 2.59 bits per heavy atom. The van der Waals surface area contributed by atoms with E-state index in [-0.39, 0.29) is 5.97 Å². The molecule has 0 unspecified atom stereocenters. The Labute approximate surface area is 128 Å². The van der Waals surface area contributed by atoms with Gasteiger partial charge in [0.25, 0.3) is 0 Å². The molecular formula is C17H17N3O2. The summed E-state index contributed by atoms with van der Waals surface area (Å²) < 4.78 is 6.97. The number of carbonyl (C=O) groups excluding carboxylic acids is 1. The first kappa shape index (κ1) is 14.3. The van der Waals surface area contributed by atoms with Crippen LogP contribution in [0.4, 0.5) is 0 Å². The standard InChI is InChI=1S/C17H17N3O2/c1-4-22-16(21)15-14(13-8-6-5-7-9-13)19-17-18-11(2)10-12(3)20(15)17/h5-10H,4H2,1-3H3. The number of aromatic nitrogens is 3. The maximum absolute atomic E-state index is 12.4. The van der Waals surface area contributed by atoms with Crippen molar-refractivity contribution in [2.24, 2.45) is 0 Å². The van der Waals surface area contributed by atoms with Gasteiger partial charge in [0.2, 0.25) is 5.78 Å². The Bertz CT molecular complexity index is 838. The van der Waals surface area contributed by atoms with Crippen LogP contribution in [-0.2, 0) is 4.74 Å². The molecule has 3 rings (SSSR count). The summed E-state index contributed by atoms with van der Waals surface area (Å²) in [6, 6.07) is 11.5. The van der Waals surface area contributed by atoms with Crippen LogP contribution in [0.5, 0.6) is 0 Å². The van der Waals surface area contributed by atoms with Gasteiger partial charge in [0.1, 0.15) is 5.69 Å². The van der Waals surface area contributed by atoms with Gasteiger partial charge in [0, 0.05) is 17.0 Å². The summed E-state index contributed by atoms with van der Waals surface area (Å²) >= 11 is 0. The van der Waals surface area contributed by atoms with E-state index in [0.717, 1.165) is 17.0 Å². The molecule has 0 fully saturated rings. The summed E-state index contributed by atoms with van der Waals surface area (Å²) in [5, 5.41) is 0. The number of hydrogen-bond acceptors (Lipinski definition) is 4. The Morgan fingerprint density at radius 1 is 1.18 bits per heavy atom. The molecule has 1 aromatic carbocycles. The second kappa shape index (κ2) is 5.60. The molecule has 0 amide bonds. The van der Waals surface area contributed by atoms with E-state index in [2.05, 4.69) is 9.97 Å². The second-order valence-electron chi connectivity index (χ2n) is 5.07. The number of imidazole rings is 1. The Hall–Kier alpha value is -2.69. The number of rotatable bonds is 3. The number of esters is 1. The summed E-state index contributed by atoms with van der Waals surface area (Å²) in [6.07, 6.45) is 0. The number of carbonyl (C=O) groups is 1. The highest BCUT2D eigenvalue weighted by atomic mass is 16.5. The van der Waals surface area contributed by atoms with Gasteiger partial charge >= 0.3 is 5.97 Å². The van der Waals surface area contributed by atoms with Gasteiger partial charge in [-0.25, -0.2) is 14.8 Å². The predicted octanol–water partition coefficient (Wildman–Crippen LogP) is 3.19. The Morgan fingerprint density at radius 2 is 1.91 bits per heavy atom. The normalized spacial score (nSPS) is 10.9. The fraction of sp³-hybridized carbons (Fsp3) is 0.235. The largest absolute Gasteiger partial charge is 0.461 e. The summed E-state index contributed by atoms with van der Waals surface area (Å²) in [4.78, 5) is 21.4. The molecule has 5 heteroatoms. The third-order valence-electron chi connectivity index (χ3n) is 3.42. The van der Waals surface area contributed by atoms with Crippen LogP contribution in [0.15, 0.2) is 36.4 Å². The van der Waals surface area contributed by atoms with Crippen molar-refractivity contribution in [3.63, 3.8) is 0 Å². The molecule has 5 nitrogen and oxygen atoms in total.